The smallest absolute Gasteiger partial charge is 0.326 e. The third kappa shape index (κ3) is 2.84. The second kappa shape index (κ2) is 7.08. The van der Waals surface area contributed by atoms with Crippen LogP contribution in [-0.4, -0.2) is 29.9 Å². The van der Waals surface area contributed by atoms with Crippen LogP contribution < -0.4 is 10.2 Å². The zero-order valence-electron chi connectivity index (χ0n) is 16.1. The molecule has 4 rings (SSSR count). The van der Waals surface area contributed by atoms with Gasteiger partial charge in [-0.15, -0.1) is 0 Å². The summed E-state index contributed by atoms with van der Waals surface area (Å²) in [5.74, 6) is -4.01. The highest BCUT2D eigenvalue weighted by molar-refractivity contribution is 6.24. The van der Waals surface area contributed by atoms with E-state index in [1.165, 1.54) is 6.07 Å². The van der Waals surface area contributed by atoms with Crippen molar-refractivity contribution in [2.75, 3.05) is 11.5 Å². The number of nitrogens with one attached hydrogen (secondary N) is 1. The quantitative estimate of drug-likeness (QED) is 0.635. The highest BCUT2D eigenvalue weighted by Gasteiger charge is 2.67. The zero-order valence-corrected chi connectivity index (χ0v) is 16.1. The average molecular weight is 396 g/mol. The second-order valence-corrected chi connectivity index (χ2v) is 7.42. The number of rotatable bonds is 4. The van der Waals surface area contributed by atoms with Gasteiger partial charge in [0.15, 0.2) is 0 Å². The van der Waals surface area contributed by atoms with Crippen molar-refractivity contribution in [3.8, 4) is 0 Å². The molecule has 4 atom stereocenters. The first-order valence-electron chi connectivity index (χ1n) is 9.52. The fraction of sp³-hybridized carbons (Fsp3) is 0.318. The van der Waals surface area contributed by atoms with Gasteiger partial charge in [0, 0.05) is 11.6 Å². The Kier molecular flexibility index (Phi) is 4.70. The molecule has 2 aliphatic heterocycles. The second-order valence-electron chi connectivity index (χ2n) is 7.42. The Morgan fingerprint density at radius 1 is 1.10 bits per heavy atom. The van der Waals surface area contributed by atoms with Crippen molar-refractivity contribution in [3.05, 3.63) is 66.0 Å². The van der Waals surface area contributed by atoms with Gasteiger partial charge < -0.3 is 4.74 Å². The number of nitrogens with zero attached hydrogens (tertiary/aromatic N) is 1. The fourth-order valence-electron chi connectivity index (χ4n) is 4.43. The predicted molar refractivity (Wildman–Crippen MR) is 103 cm³/mol. The summed E-state index contributed by atoms with van der Waals surface area (Å²) in [6.07, 6.45) is 0. The number of ether oxygens (including phenoxy) is 1. The number of halogens is 1. The van der Waals surface area contributed by atoms with E-state index < -0.39 is 47.0 Å². The minimum absolute atomic E-state index is 0.127. The standard InChI is InChI=1S/C22H21FN2O4/c1-3-29-21(28)22(2)17-16(18(24-22)14-11-7-8-12-15(14)23)19(26)25(20(17)27)13-9-5-4-6-10-13/h4-12,16-18,24H,3H2,1-2H3/t16-,17-,18+,22+/m0/s1. The summed E-state index contributed by atoms with van der Waals surface area (Å²) >= 11 is 0. The first kappa shape index (κ1) is 19.3. The van der Waals surface area contributed by atoms with Crippen molar-refractivity contribution in [2.45, 2.75) is 25.4 Å². The Balaban J connectivity index is 1.84. The molecule has 2 heterocycles. The molecule has 0 radical (unpaired) electrons. The van der Waals surface area contributed by atoms with E-state index in [2.05, 4.69) is 5.32 Å². The molecule has 2 aliphatic rings. The van der Waals surface area contributed by atoms with Gasteiger partial charge in [0.05, 0.1) is 24.1 Å². The Morgan fingerprint density at radius 3 is 2.41 bits per heavy atom. The Labute approximate surface area is 167 Å². The molecule has 2 saturated heterocycles. The minimum atomic E-state index is -1.45. The van der Waals surface area contributed by atoms with E-state index >= 15 is 0 Å². The van der Waals surface area contributed by atoms with Gasteiger partial charge >= 0.3 is 5.97 Å². The van der Waals surface area contributed by atoms with Crippen molar-refractivity contribution < 1.29 is 23.5 Å². The predicted octanol–water partition coefficient (Wildman–Crippen LogP) is 2.60. The van der Waals surface area contributed by atoms with Crippen LogP contribution in [0.4, 0.5) is 10.1 Å². The van der Waals surface area contributed by atoms with E-state index in [-0.39, 0.29) is 12.2 Å². The molecule has 6 nitrogen and oxygen atoms in total. The third-order valence-corrected chi connectivity index (χ3v) is 5.74. The molecule has 2 aromatic rings. The molecule has 0 saturated carbocycles. The maximum absolute atomic E-state index is 14.6. The van der Waals surface area contributed by atoms with Gasteiger partial charge in [-0.05, 0) is 32.0 Å². The largest absolute Gasteiger partial charge is 0.465 e. The van der Waals surface area contributed by atoms with E-state index in [0.717, 1.165) is 4.90 Å². The van der Waals surface area contributed by atoms with Gasteiger partial charge in [-0.2, -0.15) is 0 Å². The molecule has 0 aliphatic carbocycles. The van der Waals surface area contributed by atoms with Crippen molar-refractivity contribution in [1.29, 1.82) is 0 Å². The van der Waals surface area contributed by atoms with Gasteiger partial charge in [-0.3, -0.25) is 19.7 Å². The molecule has 0 bridgehead atoms. The molecule has 1 N–H and O–H groups in total. The summed E-state index contributed by atoms with van der Waals surface area (Å²) in [4.78, 5) is 40.6. The van der Waals surface area contributed by atoms with Gasteiger partial charge in [-0.1, -0.05) is 36.4 Å². The van der Waals surface area contributed by atoms with Crippen molar-refractivity contribution in [3.63, 3.8) is 0 Å². The first-order valence-corrected chi connectivity index (χ1v) is 9.52. The van der Waals surface area contributed by atoms with Crippen LogP contribution in [-0.2, 0) is 19.1 Å². The van der Waals surface area contributed by atoms with Crippen molar-refractivity contribution >= 4 is 23.5 Å². The van der Waals surface area contributed by atoms with Crippen LogP contribution in [0, 0.1) is 17.7 Å². The lowest BCUT2D eigenvalue weighted by Crippen LogP contribution is -2.54. The molecule has 0 spiro atoms. The number of carbonyl (C=O) groups excluding carboxylic acids is 3. The number of fused-ring (bicyclic) bond motifs is 1. The molecule has 0 unspecified atom stereocenters. The number of hydrogen-bond donors (Lipinski definition) is 1. The van der Waals surface area contributed by atoms with Gasteiger partial charge in [0.2, 0.25) is 11.8 Å². The SMILES string of the molecule is CCOC(=O)[C@]1(C)N[C@H](c2ccccc2F)[C@H]2C(=O)N(c3ccccc3)C(=O)[C@H]21. The van der Waals surface area contributed by atoms with Crippen LogP contribution >= 0.6 is 0 Å². The van der Waals surface area contributed by atoms with E-state index in [4.69, 9.17) is 4.74 Å². The molecule has 150 valence electrons. The lowest BCUT2D eigenvalue weighted by molar-refractivity contribution is -0.153. The van der Waals surface area contributed by atoms with Gasteiger partial charge in [0.25, 0.3) is 0 Å². The van der Waals surface area contributed by atoms with Gasteiger partial charge in [0.1, 0.15) is 11.4 Å². The zero-order chi connectivity index (χ0) is 20.8. The van der Waals surface area contributed by atoms with Gasteiger partial charge in [-0.25, -0.2) is 9.29 Å². The minimum Gasteiger partial charge on any atom is -0.465 e. The summed E-state index contributed by atoms with van der Waals surface area (Å²) in [5, 5.41) is 3.06. The monoisotopic (exact) mass is 396 g/mol. The molecule has 2 fully saturated rings. The van der Waals surface area contributed by atoms with E-state index in [9.17, 15) is 18.8 Å². The van der Waals surface area contributed by atoms with Crippen molar-refractivity contribution in [2.24, 2.45) is 11.8 Å². The molecule has 2 amide bonds. The van der Waals surface area contributed by atoms with E-state index in [1.54, 1.807) is 62.4 Å². The summed E-state index contributed by atoms with van der Waals surface area (Å²) in [5.41, 5.74) is -0.786. The number of carbonyl (C=O) groups is 3. The number of imide groups is 1. The topological polar surface area (TPSA) is 75.7 Å². The first-order chi connectivity index (χ1) is 13.9. The molecule has 2 aromatic carbocycles. The van der Waals surface area contributed by atoms with Crippen LogP contribution in [0.3, 0.4) is 0 Å². The number of benzene rings is 2. The van der Waals surface area contributed by atoms with Crippen LogP contribution in [0.15, 0.2) is 54.6 Å². The number of anilines is 1. The average Bonchev–Trinajstić information content (AvgIpc) is 3.17. The highest BCUT2D eigenvalue weighted by atomic mass is 19.1. The molecule has 29 heavy (non-hydrogen) atoms. The lowest BCUT2D eigenvalue weighted by Gasteiger charge is -2.29. The van der Waals surface area contributed by atoms with E-state index in [0.29, 0.717) is 5.69 Å². The number of hydrogen-bond acceptors (Lipinski definition) is 5. The number of amides is 2. The summed E-state index contributed by atoms with van der Waals surface area (Å²) in [6, 6.07) is 13.8. The lowest BCUT2D eigenvalue weighted by atomic mass is 9.80. The Bertz CT molecular complexity index is 980. The fourth-order valence-corrected chi connectivity index (χ4v) is 4.43. The van der Waals surface area contributed by atoms with E-state index in [1.807, 2.05) is 0 Å². The molecule has 0 aromatic heterocycles. The third-order valence-electron chi connectivity index (χ3n) is 5.74. The van der Waals surface area contributed by atoms with Crippen molar-refractivity contribution in [1.82, 2.24) is 5.32 Å². The van der Waals surface area contributed by atoms with Crippen LogP contribution in [0.5, 0.6) is 0 Å². The summed E-state index contributed by atoms with van der Waals surface area (Å²) in [6.45, 7) is 3.34. The van der Waals surface area contributed by atoms with Crippen LogP contribution in [0.1, 0.15) is 25.5 Å². The molecular formula is C22H21FN2O4. The normalized spacial score (nSPS) is 28.5. The number of para-hydroxylation sites is 1. The molecular weight excluding hydrogens is 375 g/mol. The highest BCUT2D eigenvalue weighted by Crippen LogP contribution is 2.50. The van der Waals surface area contributed by atoms with Crippen LogP contribution in [0.2, 0.25) is 0 Å². The maximum Gasteiger partial charge on any atom is 0.326 e. The number of esters is 1. The Hall–Kier alpha value is -3.06. The Morgan fingerprint density at radius 2 is 1.76 bits per heavy atom. The van der Waals surface area contributed by atoms with Crippen LogP contribution in [0.25, 0.3) is 0 Å². The maximum atomic E-state index is 14.6. The summed E-state index contributed by atoms with van der Waals surface area (Å²) < 4.78 is 19.8. The molecule has 7 heteroatoms. The summed E-state index contributed by atoms with van der Waals surface area (Å²) in [7, 11) is 0.